The summed E-state index contributed by atoms with van der Waals surface area (Å²) >= 11 is 0. The molecule has 18 heavy (non-hydrogen) atoms. The van der Waals surface area contributed by atoms with Gasteiger partial charge in [0, 0.05) is 30.0 Å². The molecule has 1 saturated heterocycles. The molecule has 1 unspecified atom stereocenters. The summed E-state index contributed by atoms with van der Waals surface area (Å²) in [5.41, 5.74) is 5.47. The molecule has 1 heterocycles. The Hall–Kier alpha value is -1.36. The molecule has 100 valence electrons. The molecular formula is C13H18F2N2O. The van der Waals surface area contributed by atoms with Crippen molar-refractivity contribution in [2.75, 3.05) is 23.7 Å². The highest BCUT2D eigenvalue weighted by molar-refractivity contribution is 5.60. The predicted octanol–water partition coefficient (Wildman–Crippen LogP) is 2.56. The van der Waals surface area contributed by atoms with Gasteiger partial charge < -0.3 is 15.7 Å². The number of hydrogen-bond acceptors (Lipinski definition) is 3. The number of alkyl halides is 2. The first kappa shape index (κ1) is 13.1. The van der Waals surface area contributed by atoms with Crippen LogP contribution in [0.3, 0.4) is 0 Å². The van der Waals surface area contributed by atoms with E-state index in [0.29, 0.717) is 30.9 Å². The Balaban J connectivity index is 2.32. The first-order valence-electron chi connectivity index (χ1n) is 6.04. The van der Waals surface area contributed by atoms with Crippen LogP contribution in [0.4, 0.5) is 20.2 Å². The third-order valence-electron chi connectivity index (χ3n) is 3.30. The number of piperidine rings is 1. The zero-order chi connectivity index (χ0) is 13.3. The molecule has 1 aromatic rings. The average molecular weight is 256 g/mol. The fraction of sp³-hybridized carbons (Fsp3) is 0.538. The van der Waals surface area contributed by atoms with Gasteiger partial charge >= 0.3 is 0 Å². The van der Waals surface area contributed by atoms with Crippen molar-refractivity contribution in [3.63, 3.8) is 0 Å². The highest BCUT2D eigenvalue weighted by atomic mass is 19.3. The van der Waals surface area contributed by atoms with Crippen molar-refractivity contribution < 1.29 is 13.9 Å². The zero-order valence-corrected chi connectivity index (χ0v) is 10.4. The van der Waals surface area contributed by atoms with Gasteiger partial charge in [0.1, 0.15) is 0 Å². The van der Waals surface area contributed by atoms with Crippen LogP contribution in [0.1, 0.15) is 31.8 Å². The van der Waals surface area contributed by atoms with Crippen LogP contribution >= 0.6 is 0 Å². The van der Waals surface area contributed by atoms with Crippen molar-refractivity contribution in [2.45, 2.75) is 31.8 Å². The van der Waals surface area contributed by atoms with E-state index in [2.05, 4.69) is 0 Å². The minimum absolute atomic E-state index is 0.0623. The lowest BCUT2D eigenvalue weighted by Gasteiger charge is -2.39. The molecule has 0 saturated carbocycles. The number of nitrogens with zero attached hydrogens (tertiary/aromatic N) is 1. The van der Waals surface area contributed by atoms with E-state index in [1.165, 1.54) is 6.07 Å². The lowest BCUT2D eigenvalue weighted by atomic mass is 9.94. The summed E-state index contributed by atoms with van der Waals surface area (Å²) in [7, 11) is 0. The summed E-state index contributed by atoms with van der Waals surface area (Å²) in [5.74, 6) is 0. The molecule has 1 aliphatic rings. The summed E-state index contributed by atoms with van der Waals surface area (Å²) in [6, 6.07) is 4.53. The Morgan fingerprint density at radius 3 is 2.78 bits per heavy atom. The van der Waals surface area contributed by atoms with Crippen LogP contribution in [-0.2, 0) is 0 Å². The Bertz CT molecular complexity index is 435. The first-order chi connectivity index (χ1) is 8.39. The van der Waals surface area contributed by atoms with Crippen molar-refractivity contribution in [2.24, 2.45) is 0 Å². The average Bonchev–Trinajstić information content (AvgIpc) is 2.27. The van der Waals surface area contributed by atoms with Crippen LogP contribution in [0, 0.1) is 0 Å². The SMILES string of the molecule is CC1(O)CCCN(c2ccc(N)cc2C(F)F)C1. The zero-order valence-electron chi connectivity index (χ0n) is 10.4. The molecule has 0 aromatic heterocycles. The number of benzene rings is 1. The fourth-order valence-electron chi connectivity index (χ4n) is 2.46. The fourth-order valence-corrected chi connectivity index (χ4v) is 2.46. The molecule has 3 nitrogen and oxygen atoms in total. The summed E-state index contributed by atoms with van der Waals surface area (Å²) in [6.45, 7) is 2.79. The predicted molar refractivity (Wildman–Crippen MR) is 67.9 cm³/mol. The van der Waals surface area contributed by atoms with Gasteiger partial charge in [-0.25, -0.2) is 8.78 Å². The van der Waals surface area contributed by atoms with Gasteiger partial charge in [-0.15, -0.1) is 0 Å². The number of hydrogen-bond donors (Lipinski definition) is 2. The number of aliphatic hydroxyl groups is 1. The van der Waals surface area contributed by atoms with E-state index < -0.39 is 12.0 Å². The van der Waals surface area contributed by atoms with E-state index in [1.807, 2.05) is 4.90 Å². The first-order valence-corrected chi connectivity index (χ1v) is 6.04. The minimum atomic E-state index is -2.56. The van der Waals surface area contributed by atoms with E-state index in [9.17, 15) is 13.9 Å². The second kappa shape index (κ2) is 4.72. The van der Waals surface area contributed by atoms with Gasteiger partial charge in [-0.2, -0.15) is 0 Å². The van der Waals surface area contributed by atoms with Crippen molar-refractivity contribution in [3.05, 3.63) is 23.8 Å². The van der Waals surface area contributed by atoms with Crippen LogP contribution in [0.5, 0.6) is 0 Å². The number of anilines is 2. The molecule has 5 heteroatoms. The molecule has 1 atom stereocenters. The van der Waals surface area contributed by atoms with Gasteiger partial charge in [0.25, 0.3) is 6.43 Å². The maximum atomic E-state index is 13.0. The Morgan fingerprint density at radius 1 is 1.44 bits per heavy atom. The van der Waals surface area contributed by atoms with E-state index in [1.54, 1.807) is 19.1 Å². The Morgan fingerprint density at radius 2 is 2.17 bits per heavy atom. The molecule has 0 aliphatic carbocycles. The highest BCUT2D eigenvalue weighted by Gasteiger charge is 2.30. The summed E-state index contributed by atoms with van der Waals surface area (Å²) in [6.07, 6.45) is -1.07. The van der Waals surface area contributed by atoms with Crippen LogP contribution in [0.2, 0.25) is 0 Å². The van der Waals surface area contributed by atoms with Gasteiger partial charge in [0.15, 0.2) is 0 Å². The molecule has 2 rings (SSSR count). The van der Waals surface area contributed by atoms with Crippen molar-refractivity contribution in [3.8, 4) is 0 Å². The normalized spacial score (nSPS) is 24.6. The molecule has 0 bridgehead atoms. The summed E-state index contributed by atoms with van der Waals surface area (Å²) in [5, 5.41) is 10.0. The topological polar surface area (TPSA) is 49.5 Å². The summed E-state index contributed by atoms with van der Waals surface area (Å²) < 4.78 is 26.0. The second-order valence-electron chi connectivity index (χ2n) is 5.14. The third-order valence-corrected chi connectivity index (χ3v) is 3.30. The van der Waals surface area contributed by atoms with Gasteiger partial charge in [0.2, 0.25) is 0 Å². The number of rotatable bonds is 2. The van der Waals surface area contributed by atoms with E-state index in [4.69, 9.17) is 5.73 Å². The minimum Gasteiger partial charge on any atom is -0.399 e. The quantitative estimate of drug-likeness (QED) is 0.799. The maximum Gasteiger partial charge on any atom is 0.265 e. The van der Waals surface area contributed by atoms with Gasteiger partial charge in [-0.05, 0) is 38.0 Å². The van der Waals surface area contributed by atoms with Crippen molar-refractivity contribution >= 4 is 11.4 Å². The highest BCUT2D eigenvalue weighted by Crippen LogP contribution is 2.34. The number of β-amino-alcohol motifs (C(OH)–C–C–N with tert-alkyl or cyclic N) is 1. The molecule has 1 aliphatic heterocycles. The molecule has 3 N–H and O–H groups in total. The molecule has 0 spiro atoms. The van der Waals surface area contributed by atoms with Gasteiger partial charge in [0.05, 0.1) is 5.60 Å². The second-order valence-corrected chi connectivity index (χ2v) is 5.14. The monoisotopic (exact) mass is 256 g/mol. The Labute approximate surface area is 105 Å². The van der Waals surface area contributed by atoms with Crippen LogP contribution in [-0.4, -0.2) is 23.8 Å². The van der Waals surface area contributed by atoms with E-state index in [0.717, 1.165) is 6.42 Å². The van der Waals surface area contributed by atoms with Crippen LogP contribution in [0.25, 0.3) is 0 Å². The summed E-state index contributed by atoms with van der Waals surface area (Å²) in [4.78, 5) is 1.81. The Kier molecular flexibility index (Phi) is 3.43. The van der Waals surface area contributed by atoms with Gasteiger partial charge in [-0.3, -0.25) is 0 Å². The molecule has 1 aromatic carbocycles. The number of halogens is 2. The van der Waals surface area contributed by atoms with E-state index >= 15 is 0 Å². The lowest BCUT2D eigenvalue weighted by Crippen LogP contribution is -2.46. The van der Waals surface area contributed by atoms with Crippen LogP contribution < -0.4 is 10.6 Å². The van der Waals surface area contributed by atoms with E-state index in [-0.39, 0.29) is 5.56 Å². The smallest absolute Gasteiger partial charge is 0.265 e. The molecule has 1 fully saturated rings. The molecule has 0 amide bonds. The third kappa shape index (κ3) is 2.72. The molecule has 0 radical (unpaired) electrons. The largest absolute Gasteiger partial charge is 0.399 e. The maximum absolute atomic E-state index is 13.0. The van der Waals surface area contributed by atoms with Gasteiger partial charge in [-0.1, -0.05) is 0 Å². The standard InChI is InChI=1S/C13H18F2N2O/c1-13(18)5-2-6-17(8-13)11-4-3-9(16)7-10(11)12(14)15/h3-4,7,12,18H,2,5-6,8,16H2,1H3. The number of nitrogens with two attached hydrogens (primary N) is 1. The number of nitrogen functional groups attached to an aromatic ring is 1. The molecular weight excluding hydrogens is 238 g/mol. The lowest BCUT2D eigenvalue weighted by molar-refractivity contribution is 0.0446. The van der Waals surface area contributed by atoms with Crippen molar-refractivity contribution in [1.29, 1.82) is 0 Å². The van der Waals surface area contributed by atoms with Crippen LogP contribution in [0.15, 0.2) is 18.2 Å². The van der Waals surface area contributed by atoms with Crippen molar-refractivity contribution in [1.82, 2.24) is 0 Å².